The molecule has 0 spiro atoms. The summed E-state index contributed by atoms with van der Waals surface area (Å²) < 4.78 is 6.15. The number of thioether (sulfide) groups is 1. The number of unbranched alkanes of at least 4 members (excludes halogenated alkanes) is 1. The van der Waals surface area contributed by atoms with E-state index in [-0.39, 0.29) is 17.3 Å². The number of aromatic amines is 1. The fourth-order valence-corrected chi connectivity index (χ4v) is 2.83. The predicted molar refractivity (Wildman–Crippen MR) is 94.9 cm³/mol. The van der Waals surface area contributed by atoms with Crippen LogP contribution in [0.25, 0.3) is 0 Å². The number of anilines is 1. The molecule has 2 N–H and O–H groups in total. The van der Waals surface area contributed by atoms with E-state index in [9.17, 15) is 14.4 Å². The molecule has 2 aromatic rings. The van der Waals surface area contributed by atoms with Crippen LogP contribution in [0.3, 0.4) is 0 Å². The van der Waals surface area contributed by atoms with Crippen molar-refractivity contribution in [1.82, 2.24) is 14.8 Å². The molecule has 1 heterocycles. The Labute approximate surface area is 149 Å². The monoisotopic (exact) mass is 364 g/mol. The topological polar surface area (TPSA) is 106 Å². The molecular weight excluding hydrogens is 344 g/mol. The fraction of sp³-hybridized carbons (Fsp3) is 0.375. The number of H-pyrrole nitrogens is 1. The van der Waals surface area contributed by atoms with Gasteiger partial charge in [-0.1, -0.05) is 25.1 Å². The molecule has 8 nitrogen and oxygen atoms in total. The molecule has 0 atom stereocenters. The maximum Gasteiger partial charge on any atom is 0.343 e. The highest BCUT2D eigenvalue weighted by atomic mass is 32.2. The van der Waals surface area contributed by atoms with E-state index >= 15 is 0 Å². The third-order valence-electron chi connectivity index (χ3n) is 3.38. The number of benzene rings is 1. The highest BCUT2D eigenvalue weighted by molar-refractivity contribution is 7.99. The number of amides is 1. The number of rotatable bonds is 8. The fourth-order valence-electron chi connectivity index (χ4n) is 2.06. The minimum Gasteiger partial charge on any atom is -0.465 e. The molecule has 25 heavy (non-hydrogen) atoms. The minimum atomic E-state index is -0.433. The Morgan fingerprint density at radius 2 is 2.04 bits per heavy atom. The summed E-state index contributed by atoms with van der Waals surface area (Å²) in [6, 6.07) is 6.40. The van der Waals surface area contributed by atoms with Crippen molar-refractivity contribution in [3.8, 4) is 0 Å². The molecule has 0 saturated heterocycles. The summed E-state index contributed by atoms with van der Waals surface area (Å²) in [4.78, 5) is 35.1. The molecular formula is C16H20N4O4S. The quantitative estimate of drug-likeness (QED) is 0.547. The van der Waals surface area contributed by atoms with E-state index < -0.39 is 5.97 Å². The van der Waals surface area contributed by atoms with E-state index in [4.69, 9.17) is 0 Å². The highest BCUT2D eigenvalue weighted by Crippen LogP contribution is 2.15. The Morgan fingerprint density at radius 1 is 1.32 bits per heavy atom. The standard InChI is InChI=1S/C16H20N4O4S/c1-3-4-9-20-15(23)18-19-16(20)25-10-13(21)17-12-7-5-11(6-8-12)14(22)24-2/h5-8H,3-4,9-10H2,1-2H3,(H,17,21)(H,18,23). The molecule has 1 aromatic carbocycles. The maximum atomic E-state index is 12.0. The van der Waals surface area contributed by atoms with Crippen LogP contribution in [-0.4, -0.2) is 39.5 Å². The van der Waals surface area contributed by atoms with E-state index in [1.807, 2.05) is 6.92 Å². The van der Waals surface area contributed by atoms with Crippen LogP contribution in [0.1, 0.15) is 30.1 Å². The lowest BCUT2D eigenvalue weighted by atomic mass is 10.2. The van der Waals surface area contributed by atoms with Gasteiger partial charge in [-0.3, -0.25) is 9.36 Å². The van der Waals surface area contributed by atoms with Gasteiger partial charge >= 0.3 is 11.7 Å². The lowest BCUT2D eigenvalue weighted by molar-refractivity contribution is -0.113. The zero-order valence-corrected chi connectivity index (χ0v) is 14.9. The first kappa shape index (κ1) is 18.8. The molecule has 0 aliphatic rings. The van der Waals surface area contributed by atoms with Crippen LogP contribution in [0.2, 0.25) is 0 Å². The van der Waals surface area contributed by atoms with Crippen LogP contribution in [0.4, 0.5) is 5.69 Å². The van der Waals surface area contributed by atoms with Crippen LogP contribution in [0.15, 0.2) is 34.2 Å². The highest BCUT2D eigenvalue weighted by Gasteiger charge is 2.11. The summed E-state index contributed by atoms with van der Waals surface area (Å²) in [5.41, 5.74) is 0.713. The molecule has 0 fully saturated rings. The lowest BCUT2D eigenvalue weighted by Gasteiger charge is -2.07. The average Bonchev–Trinajstić information content (AvgIpc) is 2.98. The number of nitrogens with zero attached hydrogens (tertiary/aromatic N) is 2. The van der Waals surface area contributed by atoms with E-state index in [0.29, 0.717) is 23.0 Å². The van der Waals surface area contributed by atoms with Gasteiger partial charge in [0.25, 0.3) is 0 Å². The van der Waals surface area contributed by atoms with Gasteiger partial charge in [-0.25, -0.2) is 14.7 Å². The molecule has 1 aromatic heterocycles. The van der Waals surface area contributed by atoms with Crippen molar-refractivity contribution in [2.45, 2.75) is 31.5 Å². The molecule has 0 radical (unpaired) electrons. The van der Waals surface area contributed by atoms with Crippen molar-refractivity contribution in [3.63, 3.8) is 0 Å². The van der Waals surface area contributed by atoms with Crippen molar-refractivity contribution in [3.05, 3.63) is 40.3 Å². The molecule has 1 amide bonds. The van der Waals surface area contributed by atoms with E-state index in [0.717, 1.165) is 12.8 Å². The van der Waals surface area contributed by atoms with E-state index in [2.05, 4.69) is 20.3 Å². The van der Waals surface area contributed by atoms with Gasteiger partial charge in [0.1, 0.15) is 0 Å². The van der Waals surface area contributed by atoms with Crippen LogP contribution < -0.4 is 11.0 Å². The SMILES string of the molecule is CCCCn1c(SCC(=O)Nc2ccc(C(=O)OC)cc2)n[nH]c1=O. The molecule has 9 heteroatoms. The molecule has 0 aliphatic carbocycles. The van der Waals surface area contributed by atoms with E-state index in [1.165, 1.54) is 23.4 Å². The summed E-state index contributed by atoms with van der Waals surface area (Å²) in [6.07, 6.45) is 1.83. The molecule has 2 rings (SSSR count). The first-order valence-corrected chi connectivity index (χ1v) is 8.80. The zero-order valence-electron chi connectivity index (χ0n) is 14.1. The summed E-state index contributed by atoms with van der Waals surface area (Å²) in [5.74, 6) is -0.542. The minimum absolute atomic E-state index is 0.120. The van der Waals surface area contributed by atoms with Crippen LogP contribution in [0.5, 0.6) is 0 Å². The summed E-state index contributed by atoms with van der Waals surface area (Å²) >= 11 is 1.19. The van der Waals surface area contributed by atoms with Crippen LogP contribution in [-0.2, 0) is 16.1 Å². The zero-order chi connectivity index (χ0) is 18.2. The third kappa shape index (κ3) is 5.21. The lowest BCUT2D eigenvalue weighted by Crippen LogP contribution is -2.19. The van der Waals surface area contributed by atoms with E-state index in [1.54, 1.807) is 24.3 Å². The Bertz CT molecular complexity index is 782. The Hall–Kier alpha value is -2.55. The van der Waals surface area contributed by atoms with Crippen molar-refractivity contribution >= 4 is 29.3 Å². The predicted octanol–water partition coefficient (Wildman–Crippen LogP) is 1.89. The van der Waals surface area contributed by atoms with Crippen molar-refractivity contribution < 1.29 is 14.3 Å². The average molecular weight is 364 g/mol. The van der Waals surface area contributed by atoms with Crippen molar-refractivity contribution in [2.24, 2.45) is 0 Å². The first-order chi connectivity index (χ1) is 12.0. The normalized spacial score (nSPS) is 10.5. The number of hydrogen-bond acceptors (Lipinski definition) is 6. The molecule has 0 unspecified atom stereocenters. The number of carbonyl (C=O) groups is 2. The van der Waals surface area contributed by atoms with Gasteiger partial charge < -0.3 is 10.1 Å². The van der Waals surface area contributed by atoms with Gasteiger partial charge in [0, 0.05) is 12.2 Å². The number of esters is 1. The third-order valence-corrected chi connectivity index (χ3v) is 4.36. The van der Waals surface area contributed by atoms with Gasteiger partial charge in [-0.15, -0.1) is 5.10 Å². The molecule has 0 bridgehead atoms. The number of aromatic nitrogens is 3. The maximum absolute atomic E-state index is 12.0. The summed E-state index contributed by atoms with van der Waals surface area (Å²) in [7, 11) is 1.31. The largest absolute Gasteiger partial charge is 0.465 e. The number of ether oxygens (including phenoxy) is 1. The first-order valence-electron chi connectivity index (χ1n) is 7.81. The molecule has 134 valence electrons. The van der Waals surface area contributed by atoms with Crippen molar-refractivity contribution in [2.75, 3.05) is 18.2 Å². The number of hydrogen-bond donors (Lipinski definition) is 2. The second kappa shape index (κ2) is 9.07. The van der Waals surface area contributed by atoms with Gasteiger partial charge in [0.05, 0.1) is 18.4 Å². The van der Waals surface area contributed by atoms with Gasteiger partial charge in [-0.05, 0) is 30.7 Å². The summed E-state index contributed by atoms with van der Waals surface area (Å²) in [6.45, 7) is 2.61. The van der Waals surface area contributed by atoms with Crippen LogP contribution >= 0.6 is 11.8 Å². The molecule has 0 saturated carbocycles. The van der Waals surface area contributed by atoms with Gasteiger partial charge in [0.2, 0.25) is 5.91 Å². The van der Waals surface area contributed by atoms with Crippen molar-refractivity contribution in [1.29, 1.82) is 0 Å². The Kier molecular flexibility index (Phi) is 6.81. The number of nitrogens with one attached hydrogen (secondary N) is 2. The number of methoxy groups -OCH3 is 1. The Balaban J connectivity index is 1.91. The van der Waals surface area contributed by atoms with Gasteiger partial charge in [0.15, 0.2) is 5.16 Å². The summed E-state index contributed by atoms with van der Waals surface area (Å²) in [5, 5.41) is 9.57. The Morgan fingerprint density at radius 3 is 2.68 bits per heavy atom. The number of carbonyl (C=O) groups excluding carboxylic acids is 2. The second-order valence-corrected chi connectivity index (χ2v) is 6.16. The second-order valence-electron chi connectivity index (χ2n) is 5.22. The van der Waals surface area contributed by atoms with Gasteiger partial charge in [-0.2, -0.15) is 0 Å². The smallest absolute Gasteiger partial charge is 0.343 e. The molecule has 0 aliphatic heterocycles. The van der Waals surface area contributed by atoms with Crippen LogP contribution in [0, 0.1) is 0 Å².